The molecule has 0 saturated heterocycles. The molecule has 8 heteroatoms. The zero-order valence-corrected chi connectivity index (χ0v) is 25.0. The summed E-state index contributed by atoms with van der Waals surface area (Å²) in [6.45, 7) is 2.62. The highest BCUT2D eigenvalue weighted by Gasteiger charge is 2.31. The summed E-state index contributed by atoms with van der Waals surface area (Å²) in [5, 5.41) is 0. The van der Waals surface area contributed by atoms with Gasteiger partial charge in [-0.2, -0.15) is 9.13 Å². The lowest BCUT2D eigenvalue weighted by Crippen LogP contribution is -2.37. The highest BCUT2D eigenvalue weighted by atomic mass is 32.1. The van der Waals surface area contributed by atoms with Gasteiger partial charge < -0.3 is 18.9 Å². The summed E-state index contributed by atoms with van der Waals surface area (Å²) in [5.41, 5.74) is 1.67. The van der Waals surface area contributed by atoms with E-state index in [1.165, 1.54) is 25.7 Å². The number of rotatable bonds is 1. The number of aromatic nitrogens is 2. The van der Waals surface area contributed by atoms with Crippen LogP contribution in [0.15, 0.2) is 48.8 Å². The molecule has 2 aliphatic rings. The molecule has 0 spiro atoms. The molecule has 3 heterocycles. The van der Waals surface area contributed by atoms with Crippen molar-refractivity contribution in [3.63, 3.8) is 0 Å². The average molecular weight is 582 g/mol. The van der Waals surface area contributed by atoms with E-state index in [1.54, 1.807) is 0 Å². The number of hydrogen-bond acceptors (Lipinski definition) is 5. The van der Waals surface area contributed by atoms with Crippen LogP contribution in [0.1, 0.15) is 82.9 Å². The number of hydrogen-bond donors (Lipinski definition) is 1. The average Bonchev–Trinajstić information content (AvgIpc) is 3.39. The molecule has 0 atom stereocenters. The fourth-order valence-corrected chi connectivity index (χ4v) is 5.87. The largest absolute Gasteiger partial charge is 0.489 e. The Labute approximate surface area is 249 Å². The standard InChI is InChI=1S/C32H40N2O4S2/c39-32(40)31-33-19-20-34(31)30-26-16-14-18-28(30)38-24-12-8-4-3-7-11-23-37-27-17-13-15-25(29(27)33)35-21-9-5-1-2-6-10-22-36-26/h13-20H,1-12,21-24H2/p+1. The lowest BCUT2D eigenvalue weighted by atomic mass is 10.1. The molecule has 3 aromatic rings. The highest BCUT2D eigenvalue weighted by Crippen LogP contribution is 2.36. The van der Waals surface area contributed by atoms with Crippen molar-refractivity contribution in [2.75, 3.05) is 26.4 Å². The van der Waals surface area contributed by atoms with Gasteiger partial charge in [-0.15, -0.1) is 12.6 Å². The maximum absolute atomic E-state index is 6.41. The maximum atomic E-state index is 6.41. The number of ether oxygens (including phenoxy) is 4. The van der Waals surface area contributed by atoms with Crippen LogP contribution in [0.3, 0.4) is 0 Å². The number of benzene rings is 2. The van der Waals surface area contributed by atoms with Gasteiger partial charge in [0.25, 0.3) is 0 Å². The molecule has 40 heavy (non-hydrogen) atoms. The molecule has 2 aromatic carbocycles. The molecule has 0 fully saturated rings. The van der Waals surface area contributed by atoms with Gasteiger partial charge >= 0.3 is 5.82 Å². The summed E-state index contributed by atoms with van der Waals surface area (Å²) >= 11 is 10.5. The Morgan fingerprint density at radius 3 is 1.48 bits per heavy atom. The Morgan fingerprint density at radius 1 is 0.625 bits per heavy atom. The summed E-state index contributed by atoms with van der Waals surface area (Å²) in [6, 6.07) is 12.1. The van der Waals surface area contributed by atoms with Crippen molar-refractivity contribution in [1.82, 2.24) is 4.57 Å². The minimum atomic E-state index is 0.447. The fourth-order valence-electron chi connectivity index (χ4n) is 5.45. The van der Waals surface area contributed by atoms with Crippen molar-refractivity contribution < 1.29 is 23.5 Å². The van der Waals surface area contributed by atoms with E-state index in [0.29, 0.717) is 36.4 Å². The second kappa shape index (κ2) is 14.8. The Kier molecular flexibility index (Phi) is 10.6. The molecule has 0 unspecified atom stereocenters. The molecule has 2 aliphatic heterocycles. The van der Waals surface area contributed by atoms with Gasteiger partial charge in [-0.05, 0) is 49.9 Å². The van der Waals surface area contributed by atoms with E-state index < -0.39 is 0 Å². The quantitative estimate of drug-likeness (QED) is 0.182. The van der Waals surface area contributed by atoms with Crippen LogP contribution in [0, 0.1) is 0 Å². The van der Waals surface area contributed by atoms with Gasteiger partial charge in [0, 0.05) is 0 Å². The van der Waals surface area contributed by atoms with Gasteiger partial charge in [0.15, 0.2) is 27.2 Å². The van der Waals surface area contributed by atoms with Crippen molar-refractivity contribution >= 4 is 29.0 Å². The second-order valence-electron chi connectivity index (χ2n) is 10.5. The first-order valence-corrected chi connectivity index (χ1v) is 15.7. The van der Waals surface area contributed by atoms with E-state index in [1.807, 2.05) is 57.9 Å². The minimum absolute atomic E-state index is 0.447. The van der Waals surface area contributed by atoms with Gasteiger partial charge in [-0.25, -0.2) is 0 Å². The van der Waals surface area contributed by atoms with Gasteiger partial charge in [0.05, 0.1) is 26.4 Å². The monoisotopic (exact) mass is 581 g/mol. The van der Waals surface area contributed by atoms with Gasteiger partial charge in [-0.1, -0.05) is 75.7 Å². The first-order chi connectivity index (χ1) is 19.7. The van der Waals surface area contributed by atoms with Crippen molar-refractivity contribution in [3.8, 4) is 34.4 Å². The SMILES string of the molecule is S=C(S)c1n2cc[n+]1-c1c3cccc1OCCCCCCCCOc1cccc(c1-2)OCCCCCCCCO3. The molecule has 1 aromatic heterocycles. The fraction of sp³-hybridized carbons (Fsp3) is 0.500. The van der Waals surface area contributed by atoms with Crippen LogP contribution in [0.2, 0.25) is 0 Å². The van der Waals surface area contributed by atoms with E-state index >= 15 is 0 Å². The number of para-hydroxylation sites is 2. The third kappa shape index (κ3) is 7.13. The van der Waals surface area contributed by atoms with Crippen LogP contribution in [-0.2, 0) is 0 Å². The van der Waals surface area contributed by atoms with Crippen molar-refractivity contribution in [2.24, 2.45) is 0 Å². The van der Waals surface area contributed by atoms with Crippen LogP contribution in [0.25, 0.3) is 11.4 Å². The summed E-state index contributed by atoms with van der Waals surface area (Å²) < 4.78 is 30.2. The third-order valence-electron chi connectivity index (χ3n) is 7.53. The van der Waals surface area contributed by atoms with E-state index in [9.17, 15) is 0 Å². The molecule has 214 valence electrons. The Bertz CT molecular complexity index is 1130. The van der Waals surface area contributed by atoms with Crippen LogP contribution < -0.4 is 23.5 Å². The number of nitrogens with zero attached hydrogens (tertiary/aromatic N) is 2. The predicted octanol–water partition coefficient (Wildman–Crippen LogP) is 7.58. The van der Waals surface area contributed by atoms with Gasteiger partial charge in [-0.3, -0.25) is 0 Å². The summed E-state index contributed by atoms with van der Waals surface area (Å²) in [6.07, 6.45) is 17.4. The Morgan fingerprint density at radius 2 is 1.02 bits per heavy atom. The van der Waals surface area contributed by atoms with Gasteiger partial charge in [0.2, 0.25) is 11.4 Å². The van der Waals surface area contributed by atoms with E-state index in [4.69, 9.17) is 43.8 Å². The molecular weight excluding hydrogens is 540 g/mol. The molecule has 0 N–H and O–H groups in total. The predicted molar refractivity (Wildman–Crippen MR) is 165 cm³/mol. The number of thiocarbonyl (C=S) groups is 1. The van der Waals surface area contributed by atoms with Crippen molar-refractivity contribution in [3.05, 3.63) is 54.6 Å². The Hall–Kier alpha value is -2.71. The topological polar surface area (TPSA) is 45.7 Å². The van der Waals surface area contributed by atoms with E-state index in [0.717, 1.165) is 85.7 Å². The lowest BCUT2D eigenvalue weighted by Gasteiger charge is -2.16. The molecule has 0 amide bonds. The van der Waals surface area contributed by atoms with E-state index in [2.05, 4.69) is 0 Å². The zero-order valence-electron chi connectivity index (χ0n) is 23.3. The minimum Gasteiger partial charge on any atom is -0.489 e. The first kappa shape index (κ1) is 28.8. The zero-order chi connectivity index (χ0) is 27.6. The molecule has 0 radical (unpaired) electrons. The maximum Gasteiger partial charge on any atom is 0.317 e. The van der Waals surface area contributed by atoms with Crippen molar-refractivity contribution in [2.45, 2.75) is 77.0 Å². The second-order valence-corrected chi connectivity index (χ2v) is 11.7. The lowest BCUT2D eigenvalue weighted by molar-refractivity contribution is -0.596. The third-order valence-corrected chi connectivity index (χ3v) is 7.91. The molecule has 0 saturated carbocycles. The van der Waals surface area contributed by atoms with E-state index in [-0.39, 0.29) is 0 Å². The summed E-state index contributed by atoms with van der Waals surface area (Å²) in [7, 11) is 0. The smallest absolute Gasteiger partial charge is 0.317 e. The van der Waals surface area contributed by atoms with Crippen LogP contribution >= 0.6 is 24.8 Å². The number of imidazole rings is 1. The normalized spacial score (nSPS) is 17.4. The van der Waals surface area contributed by atoms with Crippen molar-refractivity contribution in [1.29, 1.82) is 0 Å². The van der Waals surface area contributed by atoms with Gasteiger partial charge in [0.1, 0.15) is 12.4 Å². The summed E-state index contributed by atoms with van der Waals surface area (Å²) in [5.74, 6) is 3.81. The van der Waals surface area contributed by atoms with Crippen LogP contribution in [-0.4, -0.2) is 35.2 Å². The molecule has 6 nitrogen and oxygen atoms in total. The molecule has 4 bridgehead atoms. The highest BCUT2D eigenvalue weighted by molar-refractivity contribution is 8.11. The molecule has 5 rings (SSSR count). The Balaban J connectivity index is 1.69. The molecule has 0 aliphatic carbocycles. The van der Waals surface area contributed by atoms with Crippen LogP contribution in [0.4, 0.5) is 0 Å². The summed E-state index contributed by atoms with van der Waals surface area (Å²) in [4.78, 5) is 0. The first-order valence-electron chi connectivity index (χ1n) is 14.9. The van der Waals surface area contributed by atoms with Crippen LogP contribution in [0.5, 0.6) is 23.0 Å². The molecular formula is C32H41N2O4S2+. The number of thiol groups is 1.